The number of nitrogens with one attached hydrogen (secondary N) is 2. The number of rotatable bonds is 6. The Hall–Kier alpha value is -2.57. The number of hydrogen-bond donors (Lipinski definition) is 2. The van der Waals surface area contributed by atoms with Crippen molar-refractivity contribution in [3.8, 4) is 11.5 Å². The monoisotopic (exact) mass is 276 g/mol. The number of ether oxygens (including phenoxy) is 2. The number of hydrogen-bond acceptors (Lipinski definition) is 5. The molecule has 1 heterocycles. The number of benzene rings is 1. The highest BCUT2D eigenvalue weighted by molar-refractivity contribution is 5.88. The number of methoxy groups -OCH3 is 2. The average Bonchev–Trinajstić information content (AvgIpc) is 2.97. The summed E-state index contributed by atoms with van der Waals surface area (Å²) in [7, 11) is 3.18. The molecule has 0 saturated heterocycles. The van der Waals surface area contributed by atoms with Gasteiger partial charge in [-0.05, 0) is 24.1 Å². The van der Waals surface area contributed by atoms with Gasteiger partial charge >= 0.3 is 0 Å². The smallest absolute Gasteiger partial charge is 0.227 e. The third-order valence-electron chi connectivity index (χ3n) is 2.72. The number of amides is 1. The first-order chi connectivity index (χ1) is 9.71. The van der Waals surface area contributed by atoms with E-state index in [2.05, 4.69) is 20.5 Å². The summed E-state index contributed by atoms with van der Waals surface area (Å²) in [4.78, 5) is 15.6. The van der Waals surface area contributed by atoms with Crippen LogP contribution in [0.4, 0.5) is 5.95 Å². The Morgan fingerprint density at radius 2 is 1.95 bits per heavy atom. The van der Waals surface area contributed by atoms with Crippen LogP contribution in [0.15, 0.2) is 24.5 Å². The molecule has 1 amide bonds. The highest BCUT2D eigenvalue weighted by atomic mass is 16.5. The molecule has 1 aromatic carbocycles. The molecule has 106 valence electrons. The molecular formula is C13H16N4O3. The van der Waals surface area contributed by atoms with Crippen LogP contribution < -0.4 is 14.8 Å². The first kappa shape index (κ1) is 13.9. The number of anilines is 1. The fourth-order valence-corrected chi connectivity index (χ4v) is 1.73. The molecule has 0 aliphatic heterocycles. The van der Waals surface area contributed by atoms with Crippen molar-refractivity contribution >= 4 is 11.9 Å². The minimum atomic E-state index is -0.136. The van der Waals surface area contributed by atoms with E-state index in [-0.39, 0.29) is 5.91 Å². The maximum Gasteiger partial charge on any atom is 0.227 e. The van der Waals surface area contributed by atoms with E-state index < -0.39 is 0 Å². The normalized spacial score (nSPS) is 10.1. The van der Waals surface area contributed by atoms with Crippen LogP contribution in [0.2, 0.25) is 0 Å². The van der Waals surface area contributed by atoms with Crippen LogP contribution in [0.5, 0.6) is 11.5 Å². The van der Waals surface area contributed by atoms with Gasteiger partial charge in [-0.1, -0.05) is 0 Å². The molecule has 0 atom stereocenters. The molecular weight excluding hydrogens is 260 g/mol. The lowest BCUT2D eigenvalue weighted by atomic mass is 10.1. The molecule has 0 fully saturated rings. The van der Waals surface area contributed by atoms with Gasteiger partial charge in [-0.25, -0.2) is 5.10 Å². The van der Waals surface area contributed by atoms with Crippen LogP contribution in [-0.4, -0.2) is 35.3 Å². The van der Waals surface area contributed by atoms with Crippen molar-refractivity contribution in [3.05, 3.63) is 30.1 Å². The van der Waals surface area contributed by atoms with Crippen LogP contribution in [0.1, 0.15) is 12.0 Å². The molecule has 2 aromatic rings. The van der Waals surface area contributed by atoms with Gasteiger partial charge in [0.25, 0.3) is 0 Å². The Morgan fingerprint density at radius 3 is 2.50 bits per heavy atom. The summed E-state index contributed by atoms with van der Waals surface area (Å²) in [6.45, 7) is 0. The van der Waals surface area contributed by atoms with Crippen molar-refractivity contribution in [2.24, 2.45) is 0 Å². The van der Waals surface area contributed by atoms with Crippen LogP contribution in [0, 0.1) is 0 Å². The number of H-pyrrole nitrogens is 1. The maximum atomic E-state index is 11.7. The molecule has 2 rings (SSSR count). The largest absolute Gasteiger partial charge is 0.497 e. The lowest BCUT2D eigenvalue weighted by molar-refractivity contribution is -0.116. The number of carbonyl (C=O) groups is 1. The van der Waals surface area contributed by atoms with E-state index >= 15 is 0 Å². The topological polar surface area (TPSA) is 89.1 Å². The number of aryl methyl sites for hydroxylation is 1. The molecule has 0 aliphatic rings. The molecule has 0 spiro atoms. The van der Waals surface area contributed by atoms with E-state index in [0.717, 1.165) is 5.56 Å². The fourth-order valence-electron chi connectivity index (χ4n) is 1.73. The highest BCUT2D eigenvalue weighted by Gasteiger charge is 2.07. The van der Waals surface area contributed by atoms with Crippen molar-refractivity contribution < 1.29 is 14.3 Å². The van der Waals surface area contributed by atoms with E-state index in [9.17, 15) is 4.79 Å². The Kier molecular flexibility index (Phi) is 4.54. The zero-order valence-electron chi connectivity index (χ0n) is 11.3. The van der Waals surface area contributed by atoms with Gasteiger partial charge < -0.3 is 9.47 Å². The van der Waals surface area contributed by atoms with E-state index in [0.29, 0.717) is 30.3 Å². The van der Waals surface area contributed by atoms with E-state index in [1.807, 2.05) is 12.1 Å². The summed E-state index contributed by atoms with van der Waals surface area (Å²) in [5.41, 5.74) is 0.967. The Morgan fingerprint density at radius 1 is 1.25 bits per heavy atom. The predicted octanol–water partition coefficient (Wildman–Crippen LogP) is 1.39. The third kappa shape index (κ3) is 3.71. The van der Waals surface area contributed by atoms with Gasteiger partial charge in [-0.15, -0.1) is 0 Å². The molecule has 0 aliphatic carbocycles. The Labute approximate surface area is 116 Å². The van der Waals surface area contributed by atoms with Crippen molar-refractivity contribution in [2.75, 3.05) is 19.5 Å². The summed E-state index contributed by atoms with van der Waals surface area (Å²) in [6, 6.07) is 5.55. The Bertz CT molecular complexity index is 547. The fraction of sp³-hybridized carbons (Fsp3) is 0.308. The van der Waals surface area contributed by atoms with Crippen LogP contribution in [0.3, 0.4) is 0 Å². The maximum absolute atomic E-state index is 11.7. The van der Waals surface area contributed by atoms with Gasteiger partial charge in [0.05, 0.1) is 14.2 Å². The molecule has 7 nitrogen and oxygen atoms in total. The molecule has 0 bridgehead atoms. The zero-order chi connectivity index (χ0) is 14.4. The van der Waals surface area contributed by atoms with Crippen molar-refractivity contribution in [1.82, 2.24) is 15.2 Å². The third-order valence-corrected chi connectivity index (χ3v) is 2.72. The van der Waals surface area contributed by atoms with E-state index in [1.54, 1.807) is 20.3 Å². The highest BCUT2D eigenvalue weighted by Crippen LogP contribution is 2.23. The standard InChI is InChI=1S/C13H16N4O3/c1-19-10-5-9(6-11(7-10)20-2)3-4-12(18)16-13-14-8-15-17-13/h5-8H,3-4H2,1-2H3,(H2,14,15,16,17,18). The van der Waals surface area contributed by atoms with Crippen molar-refractivity contribution in [3.63, 3.8) is 0 Å². The lowest BCUT2D eigenvalue weighted by Crippen LogP contribution is -2.13. The van der Waals surface area contributed by atoms with E-state index in [4.69, 9.17) is 9.47 Å². The van der Waals surface area contributed by atoms with Gasteiger partial charge in [0.2, 0.25) is 11.9 Å². The number of aromatic nitrogens is 3. The Balaban J connectivity index is 1.94. The number of aromatic amines is 1. The van der Waals surface area contributed by atoms with Gasteiger partial charge in [0.1, 0.15) is 17.8 Å². The number of carbonyl (C=O) groups excluding carboxylic acids is 1. The first-order valence-electron chi connectivity index (χ1n) is 6.08. The second kappa shape index (κ2) is 6.55. The second-order valence-corrected chi connectivity index (χ2v) is 4.10. The quantitative estimate of drug-likeness (QED) is 0.832. The minimum Gasteiger partial charge on any atom is -0.497 e. The molecule has 1 aromatic heterocycles. The molecule has 0 unspecified atom stereocenters. The molecule has 0 saturated carbocycles. The second-order valence-electron chi connectivity index (χ2n) is 4.10. The SMILES string of the molecule is COc1cc(CCC(=O)Nc2ncn[nH]2)cc(OC)c1. The summed E-state index contributed by atoms with van der Waals surface area (Å²) in [6.07, 6.45) is 2.24. The van der Waals surface area contributed by atoms with E-state index in [1.165, 1.54) is 6.33 Å². The molecule has 0 radical (unpaired) electrons. The van der Waals surface area contributed by atoms with Crippen molar-refractivity contribution in [2.45, 2.75) is 12.8 Å². The van der Waals surface area contributed by atoms with Gasteiger partial charge in [-0.2, -0.15) is 10.1 Å². The lowest BCUT2D eigenvalue weighted by Gasteiger charge is -2.08. The van der Waals surface area contributed by atoms with Crippen LogP contribution in [0.25, 0.3) is 0 Å². The summed E-state index contributed by atoms with van der Waals surface area (Å²) in [5, 5.41) is 8.84. The van der Waals surface area contributed by atoms with Crippen LogP contribution >= 0.6 is 0 Å². The molecule has 7 heteroatoms. The summed E-state index contributed by atoms with van der Waals surface area (Å²) < 4.78 is 10.4. The molecule has 2 N–H and O–H groups in total. The van der Waals surface area contributed by atoms with Gasteiger partial charge in [-0.3, -0.25) is 10.1 Å². The van der Waals surface area contributed by atoms with Gasteiger partial charge in [0, 0.05) is 12.5 Å². The van der Waals surface area contributed by atoms with Crippen LogP contribution in [-0.2, 0) is 11.2 Å². The van der Waals surface area contributed by atoms with Gasteiger partial charge in [0.15, 0.2) is 0 Å². The molecule has 20 heavy (non-hydrogen) atoms. The average molecular weight is 276 g/mol. The predicted molar refractivity (Wildman–Crippen MR) is 72.9 cm³/mol. The number of nitrogens with zero attached hydrogens (tertiary/aromatic N) is 2. The minimum absolute atomic E-state index is 0.136. The van der Waals surface area contributed by atoms with Crippen molar-refractivity contribution in [1.29, 1.82) is 0 Å². The summed E-state index contributed by atoms with van der Waals surface area (Å²) in [5.74, 6) is 1.62. The zero-order valence-corrected chi connectivity index (χ0v) is 11.3. The first-order valence-corrected chi connectivity index (χ1v) is 6.08. The summed E-state index contributed by atoms with van der Waals surface area (Å²) >= 11 is 0.